The largest absolute Gasteiger partial charge is 0.394 e. The summed E-state index contributed by atoms with van der Waals surface area (Å²) in [6, 6.07) is 0. The van der Waals surface area contributed by atoms with E-state index in [-0.39, 0.29) is 12.1 Å². The third-order valence-electron chi connectivity index (χ3n) is 2.27. The molecule has 2 nitrogen and oxygen atoms in total. The summed E-state index contributed by atoms with van der Waals surface area (Å²) in [6.45, 7) is 7.54. The summed E-state index contributed by atoms with van der Waals surface area (Å²) in [6.07, 6.45) is 3.91. The van der Waals surface area contributed by atoms with Gasteiger partial charge in [0.2, 0.25) is 0 Å². The van der Waals surface area contributed by atoms with Gasteiger partial charge < -0.3 is 10.4 Å². The lowest BCUT2D eigenvalue weighted by atomic mass is 10.1. The molecule has 0 bridgehead atoms. The van der Waals surface area contributed by atoms with E-state index in [0.29, 0.717) is 0 Å². The summed E-state index contributed by atoms with van der Waals surface area (Å²) in [5.41, 5.74) is -0.0916. The second-order valence-electron chi connectivity index (χ2n) is 4.01. The van der Waals surface area contributed by atoms with Gasteiger partial charge in [0.25, 0.3) is 0 Å². The van der Waals surface area contributed by atoms with Crippen molar-refractivity contribution < 1.29 is 5.11 Å². The van der Waals surface area contributed by atoms with Crippen LogP contribution in [0, 0.1) is 0 Å². The highest BCUT2D eigenvalue weighted by Gasteiger charge is 2.21. The number of thioether (sulfide) groups is 1. The van der Waals surface area contributed by atoms with Crippen molar-refractivity contribution in [2.24, 2.45) is 0 Å². The Morgan fingerprint density at radius 1 is 1.29 bits per heavy atom. The normalized spacial score (nSPS) is 15.4. The molecule has 86 valence electrons. The van der Waals surface area contributed by atoms with Gasteiger partial charge in [0, 0.05) is 11.3 Å². The van der Waals surface area contributed by atoms with Crippen LogP contribution in [0.1, 0.15) is 40.0 Å². The summed E-state index contributed by atoms with van der Waals surface area (Å²) >= 11 is 1.94. The third-order valence-corrected chi connectivity index (χ3v) is 3.68. The monoisotopic (exact) mass is 219 g/mol. The molecule has 0 aromatic heterocycles. The molecule has 2 N–H and O–H groups in total. The summed E-state index contributed by atoms with van der Waals surface area (Å²) < 4.78 is 0. The van der Waals surface area contributed by atoms with Crippen molar-refractivity contribution in [2.45, 2.75) is 45.6 Å². The van der Waals surface area contributed by atoms with Crippen molar-refractivity contribution in [2.75, 3.05) is 24.7 Å². The zero-order valence-corrected chi connectivity index (χ0v) is 10.6. The summed E-state index contributed by atoms with van der Waals surface area (Å²) in [5.74, 6) is 2.22. The molecule has 0 aliphatic heterocycles. The minimum Gasteiger partial charge on any atom is -0.394 e. The number of aliphatic hydroxyl groups is 1. The van der Waals surface area contributed by atoms with E-state index in [1.165, 1.54) is 25.0 Å². The van der Waals surface area contributed by atoms with Gasteiger partial charge in [-0.25, -0.2) is 0 Å². The molecular formula is C11H25NOS. The number of hydrogen-bond donors (Lipinski definition) is 2. The Labute approximate surface area is 92.9 Å². The summed E-state index contributed by atoms with van der Waals surface area (Å²) in [4.78, 5) is 0. The molecule has 0 amide bonds. The maximum atomic E-state index is 9.24. The zero-order chi connectivity index (χ0) is 10.9. The molecule has 0 aromatic rings. The van der Waals surface area contributed by atoms with Crippen LogP contribution in [0.15, 0.2) is 0 Å². The van der Waals surface area contributed by atoms with Crippen molar-refractivity contribution >= 4 is 11.8 Å². The Balaban J connectivity index is 3.51. The predicted octanol–water partition coefficient (Wildman–Crippen LogP) is 2.27. The van der Waals surface area contributed by atoms with Crippen LogP contribution in [-0.2, 0) is 0 Å². The molecule has 0 aromatic carbocycles. The summed E-state index contributed by atoms with van der Waals surface area (Å²) in [7, 11) is 0. The van der Waals surface area contributed by atoms with Gasteiger partial charge in [-0.1, -0.05) is 26.7 Å². The number of nitrogens with one attached hydrogen (secondary N) is 1. The highest BCUT2D eigenvalue weighted by molar-refractivity contribution is 7.99. The van der Waals surface area contributed by atoms with Crippen molar-refractivity contribution in [3.05, 3.63) is 0 Å². The van der Waals surface area contributed by atoms with Crippen molar-refractivity contribution in [3.63, 3.8) is 0 Å². The van der Waals surface area contributed by atoms with Gasteiger partial charge in [-0.05, 0) is 25.6 Å². The zero-order valence-electron chi connectivity index (χ0n) is 9.81. The van der Waals surface area contributed by atoms with E-state index in [4.69, 9.17) is 0 Å². The number of hydrogen-bond acceptors (Lipinski definition) is 3. The maximum Gasteiger partial charge on any atom is 0.0618 e. The van der Waals surface area contributed by atoms with Crippen molar-refractivity contribution in [3.8, 4) is 0 Å². The number of likely N-dealkylation sites (N-methyl/N-ethyl adjacent to an activating group) is 1. The molecule has 0 fully saturated rings. The molecular weight excluding hydrogens is 194 g/mol. The Kier molecular flexibility index (Phi) is 8.73. The molecule has 0 rings (SSSR count). The number of aliphatic hydroxyl groups excluding tert-OH is 1. The minimum atomic E-state index is -0.0916. The van der Waals surface area contributed by atoms with Gasteiger partial charge in [0.15, 0.2) is 0 Å². The van der Waals surface area contributed by atoms with Gasteiger partial charge in [0.1, 0.15) is 0 Å². The molecule has 0 saturated heterocycles. The van der Waals surface area contributed by atoms with Gasteiger partial charge in [-0.15, -0.1) is 0 Å². The molecule has 0 radical (unpaired) electrons. The molecule has 0 aliphatic rings. The first-order valence-electron chi connectivity index (χ1n) is 5.62. The lowest BCUT2D eigenvalue weighted by Gasteiger charge is -2.27. The molecule has 1 atom stereocenters. The SMILES string of the molecule is CCCCCSCC(C)(CO)NCC. The fourth-order valence-electron chi connectivity index (χ4n) is 1.33. The fraction of sp³-hybridized carbons (Fsp3) is 1.00. The van der Waals surface area contributed by atoms with Gasteiger partial charge in [0.05, 0.1) is 6.61 Å². The van der Waals surface area contributed by atoms with Gasteiger partial charge >= 0.3 is 0 Å². The summed E-state index contributed by atoms with van der Waals surface area (Å²) in [5, 5.41) is 12.6. The average molecular weight is 219 g/mol. The van der Waals surface area contributed by atoms with E-state index in [9.17, 15) is 5.11 Å². The highest BCUT2D eigenvalue weighted by Crippen LogP contribution is 2.14. The second kappa shape index (κ2) is 8.57. The third kappa shape index (κ3) is 6.68. The van der Waals surface area contributed by atoms with Crippen LogP contribution in [0.2, 0.25) is 0 Å². The first-order valence-corrected chi connectivity index (χ1v) is 6.77. The van der Waals surface area contributed by atoms with E-state index in [1.807, 2.05) is 11.8 Å². The smallest absolute Gasteiger partial charge is 0.0618 e. The van der Waals surface area contributed by atoms with Crippen LogP contribution in [0.25, 0.3) is 0 Å². The standard InChI is InChI=1S/C11H25NOS/c1-4-6-7-8-14-10-11(3,9-13)12-5-2/h12-13H,4-10H2,1-3H3. The molecule has 1 unspecified atom stereocenters. The van der Waals surface area contributed by atoms with Crippen LogP contribution >= 0.6 is 11.8 Å². The Morgan fingerprint density at radius 3 is 2.50 bits per heavy atom. The van der Waals surface area contributed by atoms with E-state index < -0.39 is 0 Å². The molecule has 3 heteroatoms. The first-order chi connectivity index (χ1) is 6.68. The Bertz CT molecular complexity index is 132. The number of unbranched alkanes of at least 4 members (excludes halogenated alkanes) is 2. The minimum absolute atomic E-state index is 0.0916. The molecule has 0 aliphatic carbocycles. The fourth-order valence-corrected chi connectivity index (χ4v) is 2.53. The van der Waals surface area contributed by atoms with E-state index >= 15 is 0 Å². The average Bonchev–Trinajstić information content (AvgIpc) is 2.18. The van der Waals surface area contributed by atoms with Crippen LogP contribution in [0.3, 0.4) is 0 Å². The Hall–Kier alpha value is 0.270. The van der Waals surface area contributed by atoms with E-state index in [1.54, 1.807) is 0 Å². The lowest BCUT2D eigenvalue weighted by molar-refractivity contribution is 0.194. The second-order valence-corrected chi connectivity index (χ2v) is 5.11. The molecule has 14 heavy (non-hydrogen) atoms. The van der Waals surface area contributed by atoms with Crippen molar-refractivity contribution in [1.82, 2.24) is 5.32 Å². The van der Waals surface area contributed by atoms with Gasteiger partial charge in [-0.2, -0.15) is 11.8 Å². The lowest BCUT2D eigenvalue weighted by Crippen LogP contribution is -2.47. The molecule has 0 spiro atoms. The quantitative estimate of drug-likeness (QED) is 0.584. The van der Waals surface area contributed by atoms with E-state index in [0.717, 1.165) is 12.3 Å². The number of rotatable bonds is 9. The van der Waals surface area contributed by atoms with Gasteiger partial charge in [-0.3, -0.25) is 0 Å². The molecule has 0 heterocycles. The Morgan fingerprint density at radius 2 is 2.00 bits per heavy atom. The predicted molar refractivity (Wildman–Crippen MR) is 66.0 cm³/mol. The highest BCUT2D eigenvalue weighted by atomic mass is 32.2. The van der Waals surface area contributed by atoms with Crippen LogP contribution in [0.4, 0.5) is 0 Å². The van der Waals surface area contributed by atoms with Crippen LogP contribution < -0.4 is 5.32 Å². The van der Waals surface area contributed by atoms with Crippen LogP contribution in [0.5, 0.6) is 0 Å². The molecule has 0 saturated carbocycles. The topological polar surface area (TPSA) is 32.3 Å². The van der Waals surface area contributed by atoms with Crippen LogP contribution in [-0.4, -0.2) is 35.3 Å². The maximum absolute atomic E-state index is 9.24. The first kappa shape index (κ1) is 14.3. The van der Waals surface area contributed by atoms with E-state index in [2.05, 4.69) is 26.1 Å². The van der Waals surface area contributed by atoms with Crippen molar-refractivity contribution in [1.29, 1.82) is 0 Å².